The Morgan fingerprint density at radius 2 is 1.88 bits per heavy atom. The first-order chi connectivity index (χ1) is 11.1. The molecule has 1 fully saturated rings. The number of amides is 1. The lowest BCUT2D eigenvalue weighted by Gasteiger charge is -2.43. The third kappa shape index (κ3) is 4.54. The molecule has 0 saturated carbocycles. The van der Waals surface area contributed by atoms with E-state index in [9.17, 15) is 9.59 Å². The van der Waals surface area contributed by atoms with Crippen molar-refractivity contribution in [2.75, 3.05) is 0 Å². The topological polar surface area (TPSA) is 55.4 Å². The van der Waals surface area contributed by atoms with Crippen molar-refractivity contribution in [2.45, 2.75) is 70.3 Å². The van der Waals surface area contributed by atoms with Gasteiger partial charge in [-0.25, -0.2) is 0 Å². The third-order valence-electron chi connectivity index (χ3n) is 5.20. The Labute approximate surface area is 146 Å². The van der Waals surface area contributed by atoms with Crippen molar-refractivity contribution in [2.24, 2.45) is 0 Å². The van der Waals surface area contributed by atoms with Crippen LogP contribution in [0.3, 0.4) is 0 Å². The zero-order valence-corrected chi connectivity index (χ0v) is 16.4. The minimum atomic E-state index is -1.95. The monoisotopic (exact) mass is 347 g/mol. The van der Waals surface area contributed by atoms with E-state index in [0.29, 0.717) is 18.4 Å². The van der Waals surface area contributed by atoms with E-state index in [-0.39, 0.29) is 35.3 Å². The summed E-state index contributed by atoms with van der Waals surface area (Å²) in [7, 11) is -1.95. The maximum Gasteiger partial charge on any atom is 0.220 e. The zero-order chi connectivity index (χ0) is 18.0. The summed E-state index contributed by atoms with van der Waals surface area (Å²) in [5, 5.41) is 3.08. The van der Waals surface area contributed by atoms with E-state index in [1.807, 2.05) is 30.3 Å². The minimum absolute atomic E-state index is 0.0101. The molecule has 0 aromatic heterocycles. The highest BCUT2D eigenvalue weighted by Crippen LogP contribution is 2.38. The van der Waals surface area contributed by atoms with Gasteiger partial charge in [0, 0.05) is 18.4 Å². The highest BCUT2D eigenvalue weighted by Gasteiger charge is 2.42. The molecule has 24 heavy (non-hydrogen) atoms. The fourth-order valence-electron chi connectivity index (χ4n) is 2.67. The molecule has 1 heterocycles. The quantitative estimate of drug-likeness (QED) is 0.648. The Morgan fingerprint density at radius 3 is 2.46 bits per heavy atom. The van der Waals surface area contributed by atoms with Crippen molar-refractivity contribution in [3.05, 3.63) is 35.9 Å². The van der Waals surface area contributed by atoms with Crippen molar-refractivity contribution in [3.63, 3.8) is 0 Å². The highest BCUT2D eigenvalue weighted by atomic mass is 28.4. The third-order valence-corrected chi connectivity index (χ3v) is 9.71. The van der Waals surface area contributed by atoms with Crippen LogP contribution in [-0.2, 0) is 9.22 Å². The van der Waals surface area contributed by atoms with Gasteiger partial charge < -0.3 is 9.74 Å². The van der Waals surface area contributed by atoms with Crippen LogP contribution in [0.5, 0.6) is 0 Å². The molecule has 1 aromatic carbocycles. The maximum atomic E-state index is 12.5. The highest BCUT2D eigenvalue weighted by molar-refractivity contribution is 6.74. The maximum absolute atomic E-state index is 12.5. The second-order valence-electron chi connectivity index (χ2n) is 8.12. The number of rotatable bonds is 5. The molecule has 0 spiro atoms. The number of carbonyl (C=O) groups is 2. The smallest absolute Gasteiger partial charge is 0.220 e. The summed E-state index contributed by atoms with van der Waals surface area (Å²) in [5.74, 6) is 0.0579. The average Bonchev–Trinajstić information content (AvgIpc) is 2.49. The van der Waals surface area contributed by atoms with Gasteiger partial charge in [0.05, 0.1) is 12.1 Å². The molecule has 1 amide bonds. The molecule has 132 valence electrons. The molecule has 0 radical (unpaired) electrons. The van der Waals surface area contributed by atoms with Crippen molar-refractivity contribution < 1.29 is 14.0 Å². The molecule has 2 atom stereocenters. The second kappa shape index (κ2) is 7.19. The zero-order valence-electron chi connectivity index (χ0n) is 15.4. The lowest BCUT2D eigenvalue weighted by Crippen LogP contribution is -2.55. The number of ketones is 1. The lowest BCUT2D eigenvalue weighted by atomic mass is 9.94. The van der Waals surface area contributed by atoms with E-state index in [1.165, 1.54) is 0 Å². The Kier molecular flexibility index (Phi) is 5.66. The average molecular weight is 348 g/mol. The van der Waals surface area contributed by atoms with Crippen molar-refractivity contribution in [1.82, 2.24) is 5.32 Å². The molecule has 5 heteroatoms. The number of carbonyl (C=O) groups excluding carboxylic acids is 2. The summed E-state index contributed by atoms with van der Waals surface area (Å²) < 4.78 is 6.51. The molecule has 1 aliphatic rings. The van der Waals surface area contributed by atoms with Crippen LogP contribution in [0.25, 0.3) is 0 Å². The molecule has 1 aliphatic heterocycles. The minimum Gasteiger partial charge on any atom is -0.412 e. The van der Waals surface area contributed by atoms with Gasteiger partial charge in [-0.15, -0.1) is 0 Å². The van der Waals surface area contributed by atoms with E-state index in [2.05, 4.69) is 39.2 Å². The molecular weight excluding hydrogens is 318 g/mol. The van der Waals surface area contributed by atoms with Gasteiger partial charge in [-0.3, -0.25) is 9.59 Å². The van der Waals surface area contributed by atoms with Crippen LogP contribution >= 0.6 is 0 Å². The van der Waals surface area contributed by atoms with E-state index < -0.39 is 8.32 Å². The van der Waals surface area contributed by atoms with Crippen LogP contribution in [0.4, 0.5) is 0 Å². The summed E-state index contributed by atoms with van der Waals surface area (Å²) in [5.41, 5.74) is 0.684. The standard InChI is InChI=1S/C19H29NO3Si/c1-19(2,3)24(4,5)23-17-11-12-18(22)20-15(17)13-16(21)14-9-7-6-8-10-14/h6-10,15,17H,11-13H2,1-5H3,(H,20,22)/t15-,17+/m0/s1. The van der Waals surface area contributed by atoms with E-state index in [0.717, 1.165) is 0 Å². The number of hydrogen-bond acceptors (Lipinski definition) is 3. The van der Waals surface area contributed by atoms with Gasteiger partial charge in [0.1, 0.15) is 0 Å². The first-order valence-electron chi connectivity index (χ1n) is 8.65. The molecular formula is C19H29NO3Si. The van der Waals surface area contributed by atoms with E-state index in [4.69, 9.17) is 4.43 Å². The van der Waals surface area contributed by atoms with E-state index >= 15 is 0 Å². The molecule has 4 nitrogen and oxygen atoms in total. The second-order valence-corrected chi connectivity index (χ2v) is 12.9. The van der Waals surface area contributed by atoms with Crippen molar-refractivity contribution in [3.8, 4) is 0 Å². The van der Waals surface area contributed by atoms with Crippen LogP contribution in [0.15, 0.2) is 30.3 Å². The lowest BCUT2D eigenvalue weighted by molar-refractivity contribution is -0.125. The number of benzene rings is 1. The predicted octanol–water partition coefficient (Wildman–Crippen LogP) is 3.93. The Hall–Kier alpha value is -1.46. The van der Waals surface area contributed by atoms with Crippen LogP contribution in [0.1, 0.15) is 50.4 Å². The summed E-state index contributed by atoms with van der Waals surface area (Å²) >= 11 is 0. The predicted molar refractivity (Wildman–Crippen MR) is 98.6 cm³/mol. The van der Waals surface area contributed by atoms with Gasteiger partial charge >= 0.3 is 0 Å². The fraction of sp³-hybridized carbons (Fsp3) is 0.579. The fourth-order valence-corrected chi connectivity index (χ4v) is 4.06. The van der Waals surface area contributed by atoms with Gasteiger partial charge in [-0.2, -0.15) is 0 Å². The number of piperidine rings is 1. The van der Waals surface area contributed by atoms with E-state index in [1.54, 1.807) is 0 Å². The normalized spacial score (nSPS) is 22.1. The molecule has 1 N–H and O–H groups in total. The Balaban J connectivity index is 2.12. The Morgan fingerprint density at radius 1 is 1.25 bits per heavy atom. The SMILES string of the molecule is CC(C)(C)[Si](C)(C)O[C@@H]1CCC(=O)N[C@H]1CC(=O)c1ccccc1. The van der Waals surface area contributed by atoms with Crippen molar-refractivity contribution >= 4 is 20.0 Å². The van der Waals surface area contributed by atoms with Crippen molar-refractivity contribution in [1.29, 1.82) is 0 Å². The first kappa shape index (κ1) is 18.9. The Bertz CT molecular complexity index is 592. The molecule has 2 rings (SSSR count). The summed E-state index contributed by atoms with van der Waals surface area (Å²) in [4.78, 5) is 24.4. The largest absolute Gasteiger partial charge is 0.412 e. The summed E-state index contributed by atoms with van der Waals surface area (Å²) in [6.07, 6.45) is 1.35. The molecule has 1 saturated heterocycles. The van der Waals surface area contributed by atoms with Crippen LogP contribution in [0, 0.1) is 0 Å². The van der Waals surface area contributed by atoms with Gasteiger partial charge in [0.25, 0.3) is 0 Å². The van der Waals surface area contributed by atoms with Gasteiger partial charge in [-0.1, -0.05) is 51.1 Å². The summed E-state index contributed by atoms with van der Waals surface area (Å²) in [6.45, 7) is 11.0. The van der Waals surface area contributed by atoms with Gasteiger partial charge in [-0.05, 0) is 24.6 Å². The van der Waals surface area contributed by atoms with Gasteiger partial charge in [0.15, 0.2) is 14.1 Å². The first-order valence-corrected chi connectivity index (χ1v) is 11.6. The molecule has 0 aliphatic carbocycles. The molecule has 1 aromatic rings. The number of nitrogens with one attached hydrogen (secondary N) is 1. The molecule has 0 unspecified atom stereocenters. The van der Waals surface area contributed by atoms with Crippen LogP contribution in [0.2, 0.25) is 18.1 Å². The van der Waals surface area contributed by atoms with Gasteiger partial charge in [0.2, 0.25) is 5.91 Å². The number of hydrogen-bond donors (Lipinski definition) is 1. The van der Waals surface area contributed by atoms with Crippen LogP contribution < -0.4 is 5.32 Å². The number of Topliss-reactive ketones (excluding diaryl/α,β-unsaturated/α-hetero) is 1. The molecule has 0 bridgehead atoms. The summed E-state index contributed by atoms with van der Waals surface area (Å²) in [6, 6.07) is 9.00. The van der Waals surface area contributed by atoms with Crippen LogP contribution in [-0.4, -0.2) is 32.2 Å².